The van der Waals surface area contributed by atoms with Crippen LogP contribution in [0.25, 0.3) is 0 Å². The molecule has 1 aromatic rings. The first-order chi connectivity index (χ1) is 9.26. The SMILES string of the molecule is COc1ccc(C(=O)C2CC3COCC(C2)N3)cn1. The van der Waals surface area contributed by atoms with Gasteiger partial charge < -0.3 is 14.8 Å². The molecule has 2 unspecified atom stereocenters. The number of ether oxygens (including phenoxy) is 2. The van der Waals surface area contributed by atoms with E-state index in [-0.39, 0.29) is 11.7 Å². The number of pyridine rings is 1. The van der Waals surface area contributed by atoms with Gasteiger partial charge in [-0.1, -0.05) is 0 Å². The highest BCUT2D eigenvalue weighted by molar-refractivity contribution is 5.97. The number of nitrogens with one attached hydrogen (secondary N) is 1. The first-order valence-corrected chi connectivity index (χ1v) is 6.64. The van der Waals surface area contributed by atoms with Crippen molar-refractivity contribution in [2.75, 3.05) is 20.3 Å². The molecule has 102 valence electrons. The zero-order chi connectivity index (χ0) is 13.2. The van der Waals surface area contributed by atoms with Crippen LogP contribution in [0.5, 0.6) is 5.88 Å². The molecule has 1 aromatic heterocycles. The Kier molecular flexibility index (Phi) is 3.48. The van der Waals surface area contributed by atoms with Crippen LogP contribution in [0.1, 0.15) is 23.2 Å². The Bertz CT molecular complexity index is 448. The Hall–Kier alpha value is -1.46. The lowest BCUT2D eigenvalue weighted by Gasteiger charge is -2.39. The molecule has 0 aromatic carbocycles. The predicted molar refractivity (Wildman–Crippen MR) is 69.4 cm³/mol. The lowest BCUT2D eigenvalue weighted by molar-refractivity contribution is 0.00952. The standard InChI is InChI=1S/C14H18N2O3/c1-18-13-3-2-9(6-15-13)14(17)10-4-11-7-19-8-12(5-10)16-11/h2-3,6,10-12,16H,4-5,7-8H2,1H3. The van der Waals surface area contributed by atoms with Crippen molar-refractivity contribution in [3.63, 3.8) is 0 Å². The first kappa shape index (κ1) is 12.6. The average molecular weight is 262 g/mol. The molecule has 0 radical (unpaired) electrons. The highest BCUT2D eigenvalue weighted by Crippen LogP contribution is 2.27. The smallest absolute Gasteiger partial charge is 0.212 e. The van der Waals surface area contributed by atoms with Crippen LogP contribution in [0, 0.1) is 5.92 Å². The van der Waals surface area contributed by atoms with E-state index in [0.717, 1.165) is 12.8 Å². The molecule has 2 fully saturated rings. The average Bonchev–Trinajstić information content (AvgIpc) is 2.46. The molecule has 0 saturated carbocycles. The van der Waals surface area contributed by atoms with Gasteiger partial charge in [0.1, 0.15) is 0 Å². The molecule has 2 aliphatic heterocycles. The zero-order valence-electron chi connectivity index (χ0n) is 11.0. The number of aromatic nitrogens is 1. The van der Waals surface area contributed by atoms with Crippen molar-refractivity contribution in [1.82, 2.24) is 10.3 Å². The van der Waals surface area contributed by atoms with Gasteiger partial charge in [0.2, 0.25) is 5.88 Å². The van der Waals surface area contributed by atoms with Crippen molar-refractivity contribution in [1.29, 1.82) is 0 Å². The van der Waals surface area contributed by atoms with E-state index < -0.39 is 0 Å². The van der Waals surface area contributed by atoms with E-state index in [0.29, 0.717) is 36.7 Å². The fourth-order valence-electron chi connectivity index (χ4n) is 2.93. The third kappa shape index (κ3) is 2.62. The molecule has 2 atom stereocenters. The third-order valence-corrected chi connectivity index (χ3v) is 3.85. The number of methoxy groups -OCH3 is 1. The Morgan fingerprint density at radius 3 is 2.68 bits per heavy atom. The van der Waals surface area contributed by atoms with Gasteiger partial charge in [0.25, 0.3) is 0 Å². The van der Waals surface area contributed by atoms with Gasteiger partial charge in [0, 0.05) is 35.8 Å². The van der Waals surface area contributed by atoms with E-state index in [1.165, 1.54) is 0 Å². The number of hydrogen-bond acceptors (Lipinski definition) is 5. The van der Waals surface area contributed by atoms with Crippen LogP contribution in [0.4, 0.5) is 0 Å². The van der Waals surface area contributed by atoms with Crippen LogP contribution in [-0.4, -0.2) is 43.2 Å². The van der Waals surface area contributed by atoms with Crippen LogP contribution in [0.15, 0.2) is 18.3 Å². The lowest BCUT2D eigenvalue weighted by atomic mass is 9.82. The van der Waals surface area contributed by atoms with Gasteiger partial charge in [-0.05, 0) is 18.9 Å². The summed E-state index contributed by atoms with van der Waals surface area (Å²) in [5.74, 6) is 0.802. The second-order valence-corrected chi connectivity index (χ2v) is 5.22. The summed E-state index contributed by atoms with van der Waals surface area (Å²) in [6, 6.07) is 4.15. The number of nitrogens with zero attached hydrogens (tertiary/aromatic N) is 1. The van der Waals surface area contributed by atoms with E-state index in [1.54, 1.807) is 25.4 Å². The summed E-state index contributed by atoms with van der Waals surface area (Å²) >= 11 is 0. The summed E-state index contributed by atoms with van der Waals surface area (Å²) in [6.45, 7) is 1.42. The van der Waals surface area contributed by atoms with Crippen LogP contribution in [0.2, 0.25) is 0 Å². The maximum absolute atomic E-state index is 12.5. The van der Waals surface area contributed by atoms with Gasteiger partial charge in [0.15, 0.2) is 5.78 Å². The minimum absolute atomic E-state index is 0.0790. The van der Waals surface area contributed by atoms with Crippen molar-refractivity contribution < 1.29 is 14.3 Å². The van der Waals surface area contributed by atoms with Gasteiger partial charge in [-0.15, -0.1) is 0 Å². The molecule has 5 nitrogen and oxygen atoms in total. The van der Waals surface area contributed by atoms with E-state index in [1.807, 2.05) is 0 Å². The fraction of sp³-hybridized carbons (Fsp3) is 0.571. The van der Waals surface area contributed by atoms with Gasteiger partial charge in [-0.3, -0.25) is 4.79 Å². The normalized spacial score (nSPS) is 29.8. The van der Waals surface area contributed by atoms with E-state index in [4.69, 9.17) is 9.47 Å². The maximum Gasteiger partial charge on any atom is 0.212 e. The monoisotopic (exact) mass is 262 g/mol. The van der Waals surface area contributed by atoms with Gasteiger partial charge in [0.05, 0.1) is 20.3 Å². The highest BCUT2D eigenvalue weighted by atomic mass is 16.5. The van der Waals surface area contributed by atoms with E-state index in [2.05, 4.69) is 10.3 Å². The van der Waals surface area contributed by atoms with E-state index in [9.17, 15) is 4.79 Å². The Labute approximate surface area is 112 Å². The highest BCUT2D eigenvalue weighted by Gasteiger charge is 2.35. The first-order valence-electron chi connectivity index (χ1n) is 6.64. The van der Waals surface area contributed by atoms with Crippen molar-refractivity contribution in [2.24, 2.45) is 5.92 Å². The van der Waals surface area contributed by atoms with Crippen LogP contribution in [-0.2, 0) is 4.74 Å². The number of piperidine rings is 1. The molecular weight excluding hydrogens is 244 g/mol. The Balaban J connectivity index is 1.72. The van der Waals surface area contributed by atoms with Crippen molar-refractivity contribution >= 4 is 5.78 Å². The van der Waals surface area contributed by atoms with Crippen molar-refractivity contribution in [3.05, 3.63) is 23.9 Å². The molecular formula is C14H18N2O3. The molecule has 19 heavy (non-hydrogen) atoms. The number of ketones is 1. The number of morpholine rings is 1. The third-order valence-electron chi connectivity index (χ3n) is 3.85. The minimum atomic E-state index is 0.0790. The summed E-state index contributed by atoms with van der Waals surface area (Å²) in [5.41, 5.74) is 0.673. The molecule has 2 saturated heterocycles. The molecule has 3 rings (SSSR count). The largest absolute Gasteiger partial charge is 0.481 e. The topological polar surface area (TPSA) is 60.5 Å². The molecule has 3 heterocycles. The summed E-state index contributed by atoms with van der Waals surface area (Å²) < 4.78 is 10.5. The molecule has 2 bridgehead atoms. The molecule has 0 aliphatic carbocycles. The van der Waals surface area contributed by atoms with Gasteiger partial charge in [-0.25, -0.2) is 4.98 Å². The van der Waals surface area contributed by atoms with Gasteiger partial charge in [-0.2, -0.15) is 0 Å². The molecule has 2 aliphatic rings. The number of fused-ring (bicyclic) bond motifs is 2. The second-order valence-electron chi connectivity index (χ2n) is 5.22. The summed E-state index contributed by atoms with van der Waals surface area (Å²) in [7, 11) is 1.57. The Morgan fingerprint density at radius 2 is 2.11 bits per heavy atom. The zero-order valence-corrected chi connectivity index (χ0v) is 11.0. The van der Waals surface area contributed by atoms with E-state index >= 15 is 0 Å². The van der Waals surface area contributed by atoms with Crippen molar-refractivity contribution in [3.8, 4) is 5.88 Å². The number of rotatable bonds is 3. The molecule has 0 spiro atoms. The van der Waals surface area contributed by atoms with Crippen LogP contribution >= 0.6 is 0 Å². The predicted octanol–water partition coefficient (Wildman–Crippen LogP) is 1.04. The molecule has 0 amide bonds. The van der Waals surface area contributed by atoms with Gasteiger partial charge >= 0.3 is 0 Å². The summed E-state index contributed by atoms with van der Waals surface area (Å²) in [6.07, 6.45) is 3.30. The maximum atomic E-state index is 12.5. The summed E-state index contributed by atoms with van der Waals surface area (Å²) in [5, 5.41) is 3.49. The van der Waals surface area contributed by atoms with Crippen LogP contribution in [0.3, 0.4) is 0 Å². The minimum Gasteiger partial charge on any atom is -0.481 e. The number of carbonyl (C=O) groups is 1. The van der Waals surface area contributed by atoms with Crippen LogP contribution < -0.4 is 10.1 Å². The number of hydrogen-bond donors (Lipinski definition) is 1. The fourth-order valence-corrected chi connectivity index (χ4v) is 2.93. The number of carbonyl (C=O) groups excluding carboxylic acids is 1. The summed E-state index contributed by atoms with van der Waals surface area (Å²) in [4.78, 5) is 16.6. The van der Waals surface area contributed by atoms with Crippen molar-refractivity contribution in [2.45, 2.75) is 24.9 Å². The molecule has 5 heteroatoms. The number of Topliss-reactive ketones (excluding diaryl/α,β-unsaturated/α-hetero) is 1. The lowest BCUT2D eigenvalue weighted by Crippen LogP contribution is -2.55. The quantitative estimate of drug-likeness (QED) is 0.825. The molecule has 1 N–H and O–H groups in total. The Morgan fingerprint density at radius 1 is 1.37 bits per heavy atom. The second kappa shape index (κ2) is 5.27.